The Kier molecular flexibility index (Phi) is 3.50. The average molecular weight is 275 g/mol. The minimum Gasteiger partial charge on any atom is -0.250 e. The van der Waals surface area contributed by atoms with Crippen molar-refractivity contribution in [3.05, 3.63) is 27.6 Å². The van der Waals surface area contributed by atoms with E-state index in [0.717, 1.165) is 3.70 Å². The van der Waals surface area contributed by atoms with Crippen LogP contribution in [0.3, 0.4) is 0 Å². The maximum absolute atomic E-state index is 4.27. The summed E-state index contributed by atoms with van der Waals surface area (Å²) >= 11 is 2.23. The van der Waals surface area contributed by atoms with Gasteiger partial charge in [-0.2, -0.15) is 0 Å². The molecule has 0 amide bonds. The van der Waals surface area contributed by atoms with Crippen molar-refractivity contribution in [1.82, 2.24) is 4.98 Å². The highest BCUT2D eigenvalue weighted by Gasteiger charge is 2.09. The zero-order valence-corrected chi connectivity index (χ0v) is 9.87. The molecule has 1 atom stereocenters. The first-order valence-corrected chi connectivity index (χ1v) is 5.30. The van der Waals surface area contributed by atoms with Gasteiger partial charge >= 0.3 is 0 Å². The third kappa shape index (κ3) is 2.44. The van der Waals surface area contributed by atoms with Gasteiger partial charge in [-0.25, -0.2) is 0 Å². The molecule has 1 aromatic heterocycles. The van der Waals surface area contributed by atoms with E-state index < -0.39 is 0 Å². The SMILES string of the molecule is CC(C)C(C)c1ccc(I)nc1. The largest absolute Gasteiger partial charge is 0.250 e. The fraction of sp³-hybridized carbons (Fsp3) is 0.500. The third-order valence-electron chi connectivity index (χ3n) is 2.28. The second-order valence-corrected chi connectivity index (χ2v) is 4.55. The van der Waals surface area contributed by atoms with Gasteiger partial charge in [-0.15, -0.1) is 0 Å². The Hall–Kier alpha value is -0.120. The maximum Gasteiger partial charge on any atom is 0.101 e. The number of rotatable bonds is 2. The number of nitrogens with zero attached hydrogens (tertiary/aromatic N) is 1. The number of pyridine rings is 1. The number of halogens is 1. The second kappa shape index (κ2) is 4.21. The first-order valence-electron chi connectivity index (χ1n) is 4.22. The van der Waals surface area contributed by atoms with Crippen LogP contribution in [-0.4, -0.2) is 4.98 Å². The van der Waals surface area contributed by atoms with Gasteiger partial charge in [0.1, 0.15) is 3.70 Å². The summed E-state index contributed by atoms with van der Waals surface area (Å²) in [5.74, 6) is 1.29. The summed E-state index contributed by atoms with van der Waals surface area (Å²) in [4.78, 5) is 4.27. The van der Waals surface area contributed by atoms with Crippen molar-refractivity contribution in [2.45, 2.75) is 26.7 Å². The first kappa shape index (κ1) is 9.96. The van der Waals surface area contributed by atoms with Gasteiger partial charge in [0.05, 0.1) is 0 Å². The Labute approximate surface area is 87.7 Å². The van der Waals surface area contributed by atoms with E-state index in [1.54, 1.807) is 0 Å². The molecule has 1 nitrogen and oxygen atoms in total. The van der Waals surface area contributed by atoms with Crippen LogP contribution in [0.2, 0.25) is 0 Å². The van der Waals surface area contributed by atoms with Crippen LogP contribution in [0.15, 0.2) is 18.3 Å². The van der Waals surface area contributed by atoms with Crippen LogP contribution in [0, 0.1) is 9.62 Å². The molecule has 12 heavy (non-hydrogen) atoms. The van der Waals surface area contributed by atoms with Crippen molar-refractivity contribution < 1.29 is 0 Å². The van der Waals surface area contributed by atoms with Crippen LogP contribution in [0.4, 0.5) is 0 Å². The summed E-state index contributed by atoms with van der Waals surface area (Å²) in [6, 6.07) is 4.23. The summed E-state index contributed by atoms with van der Waals surface area (Å²) in [7, 11) is 0. The molecule has 2 heteroatoms. The molecule has 0 spiro atoms. The summed E-state index contributed by atoms with van der Waals surface area (Å²) in [6.45, 7) is 6.72. The zero-order chi connectivity index (χ0) is 9.14. The van der Waals surface area contributed by atoms with Gasteiger partial charge < -0.3 is 0 Å². The molecule has 0 radical (unpaired) electrons. The van der Waals surface area contributed by atoms with Gasteiger partial charge in [0.25, 0.3) is 0 Å². The predicted molar refractivity (Wildman–Crippen MR) is 60.2 cm³/mol. The van der Waals surface area contributed by atoms with Crippen molar-refractivity contribution in [3.8, 4) is 0 Å². The Bertz CT molecular complexity index is 241. The lowest BCUT2D eigenvalue weighted by Gasteiger charge is -2.14. The fourth-order valence-corrected chi connectivity index (χ4v) is 1.36. The van der Waals surface area contributed by atoms with Crippen LogP contribution >= 0.6 is 22.6 Å². The van der Waals surface area contributed by atoms with E-state index >= 15 is 0 Å². The van der Waals surface area contributed by atoms with Gasteiger partial charge in [-0.05, 0) is 46.1 Å². The zero-order valence-electron chi connectivity index (χ0n) is 7.71. The Balaban J connectivity index is 2.82. The second-order valence-electron chi connectivity index (χ2n) is 3.45. The highest BCUT2D eigenvalue weighted by Crippen LogP contribution is 2.22. The molecular weight excluding hydrogens is 261 g/mol. The highest BCUT2D eigenvalue weighted by molar-refractivity contribution is 14.1. The average Bonchev–Trinajstić information content (AvgIpc) is 2.04. The number of hydrogen-bond acceptors (Lipinski definition) is 1. The molecule has 0 aliphatic carbocycles. The normalized spacial score (nSPS) is 13.4. The van der Waals surface area contributed by atoms with E-state index in [9.17, 15) is 0 Å². The molecule has 0 aliphatic rings. The molecule has 0 aromatic carbocycles. The van der Waals surface area contributed by atoms with E-state index in [-0.39, 0.29) is 0 Å². The highest BCUT2D eigenvalue weighted by atomic mass is 127. The molecule has 0 fully saturated rings. The summed E-state index contributed by atoms with van der Waals surface area (Å²) in [6.07, 6.45) is 1.98. The predicted octanol–water partition coefficient (Wildman–Crippen LogP) is 3.45. The van der Waals surface area contributed by atoms with Gasteiger partial charge in [0.2, 0.25) is 0 Å². The van der Waals surface area contributed by atoms with E-state index in [1.165, 1.54) is 5.56 Å². The topological polar surface area (TPSA) is 12.9 Å². The minimum atomic E-state index is 0.606. The Morgan fingerprint density at radius 1 is 1.25 bits per heavy atom. The van der Waals surface area contributed by atoms with E-state index in [2.05, 4.69) is 60.5 Å². The maximum atomic E-state index is 4.27. The summed E-state index contributed by atoms with van der Waals surface area (Å²) < 4.78 is 1.06. The van der Waals surface area contributed by atoms with Crippen molar-refractivity contribution >= 4 is 22.6 Å². The lowest BCUT2D eigenvalue weighted by Crippen LogP contribution is -2.02. The van der Waals surface area contributed by atoms with Crippen LogP contribution < -0.4 is 0 Å². The molecule has 1 heterocycles. The van der Waals surface area contributed by atoms with Crippen molar-refractivity contribution in [2.75, 3.05) is 0 Å². The molecule has 1 rings (SSSR count). The lowest BCUT2D eigenvalue weighted by atomic mass is 9.92. The van der Waals surface area contributed by atoms with Gasteiger partial charge in [0, 0.05) is 6.20 Å². The van der Waals surface area contributed by atoms with E-state index in [4.69, 9.17) is 0 Å². The number of aromatic nitrogens is 1. The van der Waals surface area contributed by atoms with E-state index in [0.29, 0.717) is 11.8 Å². The van der Waals surface area contributed by atoms with Crippen molar-refractivity contribution in [2.24, 2.45) is 5.92 Å². The van der Waals surface area contributed by atoms with Crippen LogP contribution in [-0.2, 0) is 0 Å². The van der Waals surface area contributed by atoms with Gasteiger partial charge in [-0.1, -0.05) is 26.8 Å². The molecular formula is C10H14IN. The molecule has 0 bridgehead atoms. The quantitative estimate of drug-likeness (QED) is 0.595. The van der Waals surface area contributed by atoms with Crippen LogP contribution in [0.25, 0.3) is 0 Å². The lowest BCUT2D eigenvalue weighted by molar-refractivity contribution is 0.533. The molecule has 0 N–H and O–H groups in total. The van der Waals surface area contributed by atoms with Gasteiger partial charge in [-0.3, -0.25) is 4.98 Å². The third-order valence-corrected chi connectivity index (χ3v) is 2.91. The minimum absolute atomic E-state index is 0.606. The molecule has 0 aliphatic heterocycles. The smallest absolute Gasteiger partial charge is 0.101 e. The first-order chi connectivity index (χ1) is 5.61. The van der Waals surface area contributed by atoms with Crippen LogP contribution in [0.1, 0.15) is 32.3 Å². The molecule has 1 aromatic rings. The van der Waals surface area contributed by atoms with Crippen molar-refractivity contribution in [3.63, 3.8) is 0 Å². The van der Waals surface area contributed by atoms with Crippen molar-refractivity contribution in [1.29, 1.82) is 0 Å². The molecule has 0 saturated carbocycles. The molecule has 66 valence electrons. The summed E-state index contributed by atoms with van der Waals surface area (Å²) in [5.41, 5.74) is 1.34. The van der Waals surface area contributed by atoms with E-state index in [1.807, 2.05) is 6.20 Å². The van der Waals surface area contributed by atoms with Crippen LogP contribution in [0.5, 0.6) is 0 Å². The standard InChI is InChI=1S/C10H14IN/c1-7(2)8(3)9-4-5-10(11)12-6-9/h4-8H,1-3H3. The molecule has 1 unspecified atom stereocenters. The summed E-state index contributed by atoms with van der Waals surface area (Å²) in [5, 5.41) is 0. The fourth-order valence-electron chi connectivity index (χ4n) is 1.04. The number of hydrogen-bond donors (Lipinski definition) is 0. The Morgan fingerprint density at radius 2 is 1.92 bits per heavy atom. The molecule has 0 saturated heterocycles. The Morgan fingerprint density at radius 3 is 2.33 bits per heavy atom. The monoisotopic (exact) mass is 275 g/mol. The van der Waals surface area contributed by atoms with Gasteiger partial charge in [0.15, 0.2) is 0 Å².